The van der Waals surface area contributed by atoms with Crippen LogP contribution in [0.1, 0.15) is 29.2 Å². The van der Waals surface area contributed by atoms with E-state index >= 15 is 0 Å². The van der Waals surface area contributed by atoms with E-state index < -0.39 is 0 Å². The van der Waals surface area contributed by atoms with Gasteiger partial charge in [0.2, 0.25) is 0 Å². The molecule has 134 valence electrons. The molecule has 0 saturated carbocycles. The number of benzene rings is 4. The van der Waals surface area contributed by atoms with Gasteiger partial charge in [0.25, 0.3) is 0 Å². The molecule has 5 aromatic rings. The van der Waals surface area contributed by atoms with Crippen LogP contribution in [0.2, 0.25) is 0 Å². The van der Waals surface area contributed by atoms with Crippen LogP contribution >= 0.6 is 0 Å². The minimum atomic E-state index is 0.497. The number of rotatable bonds is 1. The lowest BCUT2D eigenvalue weighted by Gasteiger charge is -2.26. The quantitative estimate of drug-likeness (QED) is 0.299. The Bertz CT molecular complexity index is 1340. The van der Waals surface area contributed by atoms with Crippen molar-refractivity contribution < 1.29 is 0 Å². The molecule has 4 aromatic carbocycles. The van der Waals surface area contributed by atoms with Gasteiger partial charge in [-0.25, -0.2) is 0 Å². The normalized spacial score (nSPS) is 16.5. The Morgan fingerprint density at radius 2 is 1.39 bits per heavy atom. The van der Waals surface area contributed by atoms with Crippen LogP contribution in [-0.4, -0.2) is 4.98 Å². The van der Waals surface area contributed by atoms with E-state index in [0.29, 0.717) is 5.92 Å². The van der Waals surface area contributed by atoms with Crippen LogP contribution in [0.4, 0.5) is 0 Å². The molecular weight excluding hydrogens is 338 g/mol. The standard InChI is InChI=1S/C27H21N/c1-3-7-22-18(5-1)9-13-26-23-12-11-21(17-20(23)10-14-25(22)26)27-24-8-4-2-6-19(24)15-16-28-27/h1-10,13-16,21H,11-12,17H2. The number of aryl methyl sites for hydroxylation is 1. The van der Waals surface area contributed by atoms with Crippen molar-refractivity contribution in [2.45, 2.75) is 25.2 Å². The maximum Gasteiger partial charge on any atom is 0.0516 e. The van der Waals surface area contributed by atoms with E-state index in [4.69, 9.17) is 4.98 Å². The highest BCUT2D eigenvalue weighted by molar-refractivity contribution is 6.08. The zero-order valence-electron chi connectivity index (χ0n) is 15.7. The van der Waals surface area contributed by atoms with E-state index in [0.717, 1.165) is 12.8 Å². The van der Waals surface area contributed by atoms with Crippen LogP contribution < -0.4 is 0 Å². The molecule has 0 fully saturated rings. The van der Waals surface area contributed by atoms with Crippen LogP contribution in [-0.2, 0) is 12.8 Å². The van der Waals surface area contributed by atoms with Gasteiger partial charge < -0.3 is 0 Å². The molecule has 0 bridgehead atoms. The second-order valence-electron chi connectivity index (χ2n) is 7.94. The van der Waals surface area contributed by atoms with E-state index in [1.165, 1.54) is 50.0 Å². The summed E-state index contributed by atoms with van der Waals surface area (Å²) in [4.78, 5) is 4.81. The van der Waals surface area contributed by atoms with E-state index in [-0.39, 0.29) is 0 Å². The molecule has 6 rings (SSSR count). The van der Waals surface area contributed by atoms with Crippen LogP contribution in [0, 0.1) is 0 Å². The third-order valence-corrected chi connectivity index (χ3v) is 6.43. The van der Waals surface area contributed by atoms with E-state index in [9.17, 15) is 0 Å². The third-order valence-electron chi connectivity index (χ3n) is 6.43. The Morgan fingerprint density at radius 3 is 2.29 bits per heavy atom. The molecule has 0 saturated heterocycles. The van der Waals surface area contributed by atoms with Crippen molar-refractivity contribution in [3.05, 3.63) is 102 Å². The van der Waals surface area contributed by atoms with Gasteiger partial charge in [-0.05, 0) is 63.4 Å². The first-order valence-electron chi connectivity index (χ1n) is 10.1. The lowest BCUT2D eigenvalue weighted by atomic mass is 9.79. The number of hydrogen-bond acceptors (Lipinski definition) is 1. The second kappa shape index (κ2) is 6.17. The minimum absolute atomic E-state index is 0.497. The zero-order valence-corrected chi connectivity index (χ0v) is 15.7. The molecule has 1 heteroatoms. The first-order chi connectivity index (χ1) is 13.9. The maximum absolute atomic E-state index is 4.81. The van der Waals surface area contributed by atoms with Gasteiger partial charge in [0.15, 0.2) is 0 Å². The Labute approximate surface area is 164 Å². The number of hydrogen-bond donors (Lipinski definition) is 0. The topological polar surface area (TPSA) is 12.9 Å². The summed E-state index contributed by atoms with van der Waals surface area (Å²) in [6.07, 6.45) is 5.35. The summed E-state index contributed by atoms with van der Waals surface area (Å²) >= 11 is 0. The highest BCUT2D eigenvalue weighted by atomic mass is 14.7. The van der Waals surface area contributed by atoms with Crippen molar-refractivity contribution in [1.29, 1.82) is 0 Å². The molecular formula is C27H21N. The van der Waals surface area contributed by atoms with E-state index in [2.05, 4.69) is 78.9 Å². The minimum Gasteiger partial charge on any atom is -0.260 e. The van der Waals surface area contributed by atoms with Gasteiger partial charge in [-0.2, -0.15) is 0 Å². The molecule has 1 unspecified atom stereocenters. The van der Waals surface area contributed by atoms with Crippen LogP contribution in [0.3, 0.4) is 0 Å². The molecule has 28 heavy (non-hydrogen) atoms. The molecule has 1 aromatic heterocycles. The van der Waals surface area contributed by atoms with Crippen LogP contribution in [0.5, 0.6) is 0 Å². The monoisotopic (exact) mass is 359 g/mol. The van der Waals surface area contributed by atoms with Gasteiger partial charge in [-0.1, -0.05) is 72.8 Å². The van der Waals surface area contributed by atoms with Crippen molar-refractivity contribution in [3.63, 3.8) is 0 Å². The Morgan fingerprint density at radius 1 is 0.643 bits per heavy atom. The van der Waals surface area contributed by atoms with Crippen molar-refractivity contribution in [3.8, 4) is 0 Å². The molecule has 1 heterocycles. The number of fused-ring (bicyclic) bond motifs is 6. The Balaban J connectivity index is 1.47. The average Bonchev–Trinajstić information content (AvgIpc) is 2.78. The van der Waals surface area contributed by atoms with Gasteiger partial charge >= 0.3 is 0 Å². The third kappa shape index (κ3) is 2.36. The van der Waals surface area contributed by atoms with Crippen molar-refractivity contribution >= 4 is 32.3 Å². The fourth-order valence-electron chi connectivity index (χ4n) is 5.07. The fourth-order valence-corrected chi connectivity index (χ4v) is 5.07. The average molecular weight is 359 g/mol. The van der Waals surface area contributed by atoms with Gasteiger partial charge in [-0.3, -0.25) is 4.98 Å². The first kappa shape index (κ1) is 15.8. The Hall–Kier alpha value is -3.19. The van der Waals surface area contributed by atoms with Crippen molar-refractivity contribution in [1.82, 2.24) is 4.98 Å². The smallest absolute Gasteiger partial charge is 0.0516 e. The van der Waals surface area contributed by atoms with Gasteiger partial charge in [-0.15, -0.1) is 0 Å². The molecule has 1 aliphatic carbocycles. The maximum atomic E-state index is 4.81. The highest BCUT2D eigenvalue weighted by Crippen LogP contribution is 2.39. The van der Waals surface area contributed by atoms with Gasteiger partial charge in [0.05, 0.1) is 5.69 Å². The molecule has 1 aliphatic rings. The van der Waals surface area contributed by atoms with Gasteiger partial charge in [0.1, 0.15) is 0 Å². The van der Waals surface area contributed by atoms with Crippen LogP contribution in [0.15, 0.2) is 85.1 Å². The van der Waals surface area contributed by atoms with Crippen molar-refractivity contribution in [2.75, 3.05) is 0 Å². The summed E-state index contributed by atoms with van der Waals surface area (Å²) in [5.41, 5.74) is 4.30. The number of pyridine rings is 1. The zero-order chi connectivity index (χ0) is 18.5. The molecule has 0 amide bonds. The summed E-state index contributed by atoms with van der Waals surface area (Å²) < 4.78 is 0. The Kier molecular flexibility index (Phi) is 3.49. The van der Waals surface area contributed by atoms with Crippen LogP contribution in [0.25, 0.3) is 32.3 Å². The molecule has 0 radical (unpaired) electrons. The summed E-state index contributed by atoms with van der Waals surface area (Å²) in [7, 11) is 0. The largest absolute Gasteiger partial charge is 0.260 e. The lowest BCUT2D eigenvalue weighted by molar-refractivity contribution is 0.578. The number of nitrogens with zero attached hydrogens (tertiary/aromatic N) is 1. The molecule has 1 nitrogen and oxygen atoms in total. The lowest BCUT2D eigenvalue weighted by Crippen LogP contribution is -2.14. The first-order valence-corrected chi connectivity index (χ1v) is 10.1. The van der Waals surface area contributed by atoms with Gasteiger partial charge in [0, 0.05) is 17.5 Å². The molecule has 0 aliphatic heterocycles. The summed E-state index contributed by atoms with van der Waals surface area (Å²) in [5, 5.41) is 8.11. The summed E-state index contributed by atoms with van der Waals surface area (Å²) in [6, 6.07) is 28.8. The molecule has 0 spiro atoms. The summed E-state index contributed by atoms with van der Waals surface area (Å²) in [5.74, 6) is 0.497. The summed E-state index contributed by atoms with van der Waals surface area (Å²) in [6.45, 7) is 0. The second-order valence-corrected chi connectivity index (χ2v) is 7.94. The highest BCUT2D eigenvalue weighted by Gasteiger charge is 2.24. The fraction of sp³-hybridized carbons (Fsp3) is 0.148. The predicted molar refractivity (Wildman–Crippen MR) is 118 cm³/mol. The molecule has 1 atom stereocenters. The number of aromatic nitrogens is 1. The van der Waals surface area contributed by atoms with Crippen molar-refractivity contribution in [2.24, 2.45) is 0 Å². The van der Waals surface area contributed by atoms with E-state index in [1.807, 2.05) is 6.20 Å². The predicted octanol–water partition coefficient (Wildman–Crippen LogP) is 6.81. The van der Waals surface area contributed by atoms with E-state index in [1.54, 1.807) is 5.56 Å². The SMILES string of the molecule is c1ccc2c(C3CCc4c(ccc5c4ccc4ccccc45)C3)nccc2c1. The molecule has 0 N–H and O–H groups in total.